The zero-order valence-electron chi connectivity index (χ0n) is 12.1. The summed E-state index contributed by atoms with van der Waals surface area (Å²) in [5.74, 6) is -2.77. The molecule has 0 aliphatic carbocycles. The number of hydrogen-bond donors (Lipinski definition) is 1. The van der Waals surface area contributed by atoms with E-state index in [-0.39, 0.29) is 25.2 Å². The van der Waals surface area contributed by atoms with Gasteiger partial charge in [0.15, 0.2) is 0 Å². The Balaban J connectivity index is 1.67. The Morgan fingerprint density at radius 2 is 2.17 bits per heavy atom. The molecule has 2 heterocycles. The Hall–Kier alpha value is -2.70. The summed E-state index contributed by atoms with van der Waals surface area (Å²) in [5.41, 5.74) is -0.0160. The summed E-state index contributed by atoms with van der Waals surface area (Å²) in [4.78, 5) is 25.6. The minimum absolute atomic E-state index is 0.0160. The Bertz CT molecular complexity index is 731. The zero-order chi connectivity index (χ0) is 16.4. The van der Waals surface area contributed by atoms with Crippen molar-refractivity contribution in [2.45, 2.75) is 13.0 Å². The highest BCUT2D eigenvalue weighted by atomic mass is 19.1. The van der Waals surface area contributed by atoms with Gasteiger partial charge in [0.2, 0.25) is 11.8 Å². The molecule has 1 fully saturated rings. The normalized spacial score (nSPS) is 17.6. The Morgan fingerprint density at radius 3 is 2.87 bits per heavy atom. The molecule has 1 aromatic heterocycles. The smallest absolute Gasteiger partial charge is 0.239 e. The van der Waals surface area contributed by atoms with Gasteiger partial charge < -0.3 is 14.6 Å². The maximum absolute atomic E-state index is 13.8. The molecule has 0 spiro atoms. The van der Waals surface area contributed by atoms with E-state index in [4.69, 9.17) is 4.42 Å². The Morgan fingerprint density at radius 1 is 1.35 bits per heavy atom. The maximum atomic E-state index is 13.8. The molecule has 120 valence electrons. The number of rotatable bonds is 4. The minimum atomic E-state index is -0.880. The van der Waals surface area contributed by atoms with Crippen molar-refractivity contribution in [3.63, 3.8) is 0 Å². The van der Waals surface area contributed by atoms with Crippen LogP contribution in [0.3, 0.4) is 0 Å². The number of anilines is 1. The summed E-state index contributed by atoms with van der Waals surface area (Å²) < 4.78 is 31.8. The lowest BCUT2D eigenvalue weighted by Crippen LogP contribution is -2.36. The third kappa shape index (κ3) is 3.08. The number of halogens is 2. The van der Waals surface area contributed by atoms with Crippen molar-refractivity contribution in [1.82, 2.24) is 5.32 Å². The molecule has 1 saturated heterocycles. The van der Waals surface area contributed by atoms with Crippen molar-refractivity contribution >= 4 is 17.5 Å². The molecule has 2 amide bonds. The van der Waals surface area contributed by atoms with Gasteiger partial charge in [0.25, 0.3) is 0 Å². The van der Waals surface area contributed by atoms with Crippen LogP contribution in [0.15, 0.2) is 41.0 Å². The topological polar surface area (TPSA) is 62.6 Å². The highest BCUT2D eigenvalue weighted by Crippen LogP contribution is 2.28. The highest BCUT2D eigenvalue weighted by Gasteiger charge is 2.38. The average molecular weight is 320 g/mol. The minimum Gasteiger partial charge on any atom is -0.467 e. The predicted molar refractivity (Wildman–Crippen MR) is 77.4 cm³/mol. The largest absolute Gasteiger partial charge is 0.467 e. The van der Waals surface area contributed by atoms with E-state index in [0.717, 1.165) is 6.07 Å². The number of nitrogens with zero attached hydrogens (tertiary/aromatic N) is 1. The van der Waals surface area contributed by atoms with Crippen molar-refractivity contribution in [1.29, 1.82) is 0 Å². The summed E-state index contributed by atoms with van der Waals surface area (Å²) in [6.45, 7) is 0.390. The first-order valence-electron chi connectivity index (χ1n) is 7.13. The van der Waals surface area contributed by atoms with E-state index in [1.807, 2.05) is 0 Å². The molecular formula is C16H14F2N2O3. The van der Waals surface area contributed by atoms with Crippen molar-refractivity contribution in [2.24, 2.45) is 5.92 Å². The van der Waals surface area contributed by atoms with Crippen molar-refractivity contribution < 1.29 is 22.8 Å². The van der Waals surface area contributed by atoms with E-state index >= 15 is 0 Å². The molecule has 0 bridgehead atoms. The van der Waals surface area contributed by atoms with Gasteiger partial charge in [-0.2, -0.15) is 0 Å². The first-order chi connectivity index (χ1) is 11.1. The second-order valence-corrected chi connectivity index (χ2v) is 5.22. The summed E-state index contributed by atoms with van der Waals surface area (Å²) >= 11 is 0. The van der Waals surface area contributed by atoms with Crippen molar-refractivity contribution in [2.75, 3.05) is 11.4 Å². The molecule has 3 rings (SSSR count). The monoisotopic (exact) mass is 320 g/mol. The molecule has 2 aromatic rings. The van der Waals surface area contributed by atoms with Gasteiger partial charge in [-0.25, -0.2) is 8.78 Å². The van der Waals surface area contributed by atoms with Gasteiger partial charge in [-0.05, 0) is 30.7 Å². The number of carbonyl (C=O) groups excluding carboxylic acids is 2. The van der Waals surface area contributed by atoms with Crippen LogP contribution in [0.5, 0.6) is 0 Å². The van der Waals surface area contributed by atoms with Gasteiger partial charge in [0, 0.05) is 12.6 Å². The number of amides is 2. The molecule has 1 aromatic carbocycles. The van der Waals surface area contributed by atoms with E-state index in [2.05, 4.69) is 5.32 Å². The molecule has 1 unspecified atom stereocenters. The average Bonchev–Trinajstić information content (AvgIpc) is 3.15. The van der Waals surface area contributed by atoms with Gasteiger partial charge in [-0.1, -0.05) is 0 Å². The summed E-state index contributed by atoms with van der Waals surface area (Å²) in [5, 5.41) is 2.62. The number of benzene rings is 1. The molecule has 7 heteroatoms. The molecule has 1 atom stereocenters. The molecule has 1 aliphatic rings. The van der Waals surface area contributed by atoms with E-state index in [1.54, 1.807) is 12.1 Å². The fraction of sp³-hybridized carbons (Fsp3) is 0.250. The SMILES string of the molecule is O=C(NCc1ccco1)C1CCN(c2ccc(F)cc2F)C1=O. The van der Waals surface area contributed by atoms with Gasteiger partial charge in [-0.3, -0.25) is 9.59 Å². The van der Waals surface area contributed by atoms with Crippen LogP contribution in [-0.4, -0.2) is 18.4 Å². The third-order valence-electron chi connectivity index (χ3n) is 3.74. The second-order valence-electron chi connectivity index (χ2n) is 5.22. The molecule has 23 heavy (non-hydrogen) atoms. The summed E-state index contributed by atoms with van der Waals surface area (Å²) in [7, 11) is 0. The van der Waals surface area contributed by atoms with Crippen LogP contribution in [0.2, 0.25) is 0 Å². The lowest BCUT2D eigenvalue weighted by atomic mass is 10.1. The van der Waals surface area contributed by atoms with E-state index < -0.39 is 29.4 Å². The van der Waals surface area contributed by atoms with E-state index in [9.17, 15) is 18.4 Å². The second kappa shape index (κ2) is 6.20. The van der Waals surface area contributed by atoms with E-state index in [0.29, 0.717) is 11.8 Å². The lowest BCUT2D eigenvalue weighted by molar-refractivity contribution is -0.132. The van der Waals surface area contributed by atoms with Gasteiger partial charge in [0.05, 0.1) is 18.5 Å². The fourth-order valence-electron chi connectivity index (χ4n) is 2.57. The maximum Gasteiger partial charge on any atom is 0.239 e. The van der Waals surface area contributed by atoms with Gasteiger partial charge >= 0.3 is 0 Å². The number of furan rings is 1. The van der Waals surface area contributed by atoms with Gasteiger partial charge in [-0.15, -0.1) is 0 Å². The summed E-state index contributed by atoms with van der Waals surface area (Å²) in [6.07, 6.45) is 1.76. The van der Waals surface area contributed by atoms with Crippen LogP contribution in [-0.2, 0) is 16.1 Å². The zero-order valence-corrected chi connectivity index (χ0v) is 12.1. The van der Waals surface area contributed by atoms with Crippen LogP contribution < -0.4 is 10.2 Å². The molecule has 0 saturated carbocycles. The molecule has 0 radical (unpaired) electrons. The van der Waals surface area contributed by atoms with Crippen LogP contribution in [0, 0.1) is 17.6 Å². The predicted octanol–water partition coefficient (Wildman–Crippen LogP) is 2.23. The molecule has 5 nitrogen and oxygen atoms in total. The quantitative estimate of drug-likeness (QED) is 0.879. The molecule has 1 aliphatic heterocycles. The first kappa shape index (κ1) is 15.2. The Labute approximate surface area is 130 Å². The summed E-state index contributed by atoms with van der Waals surface area (Å²) in [6, 6.07) is 6.40. The van der Waals surface area contributed by atoms with Crippen molar-refractivity contribution in [3.05, 3.63) is 54.0 Å². The van der Waals surface area contributed by atoms with Crippen LogP contribution in [0.1, 0.15) is 12.2 Å². The van der Waals surface area contributed by atoms with Gasteiger partial charge in [0.1, 0.15) is 23.3 Å². The van der Waals surface area contributed by atoms with Crippen molar-refractivity contribution in [3.8, 4) is 0 Å². The standard InChI is InChI=1S/C16H14F2N2O3/c17-10-3-4-14(13(18)8-10)20-6-5-12(16(20)22)15(21)19-9-11-2-1-7-23-11/h1-4,7-8,12H,5-6,9H2,(H,19,21). The Kier molecular flexibility index (Phi) is 4.10. The number of hydrogen-bond acceptors (Lipinski definition) is 3. The molecule has 1 N–H and O–H groups in total. The van der Waals surface area contributed by atoms with Crippen LogP contribution >= 0.6 is 0 Å². The van der Waals surface area contributed by atoms with Crippen LogP contribution in [0.25, 0.3) is 0 Å². The third-order valence-corrected chi connectivity index (χ3v) is 3.74. The number of nitrogens with one attached hydrogen (secondary N) is 1. The first-order valence-corrected chi connectivity index (χ1v) is 7.13. The van der Waals surface area contributed by atoms with E-state index in [1.165, 1.54) is 17.2 Å². The van der Waals surface area contributed by atoms with Crippen LogP contribution in [0.4, 0.5) is 14.5 Å². The number of carbonyl (C=O) groups is 2. The lowest BCUT2D eigenvalue weighted by Gasteiger charge is -2.17. The molecular weight excluding hydrogens is 306 g/mol. The fourth-order valence-corrected chi connectivity index (χ4v) is 2.57. The highest BCUT2D eigenvalue weighted by molar-refractivity contribution is 6.09.